The fourth-order valence-corrected chi connectivity index (χ4v) is 1.75. The number of rotatable bonds is 3. The number of hydrogen-bond donors (Lipinski definition) is 0. The number of nitriles is 1. The first-order chi connectivity index (χ1) is 9.17. The molecule has 0 atom stereocenters. The summed E-state index contributed by atoms with van der Waals surface area (Å²) in [5, 5.41) is 8.66. The van der Waals surface area contributed by atoms with Crippen molar-refractivity contribution in [2.45, 2.75) is 6.42 Å². The SMILES string of the molecule is COc1ncc(CC#N)cc1-c1cccc(F)c1F. The molecule has 96 valence electrons. The van der Waals surface area contributed by atoms with Crippen molar-refractivity contribution < 1.29 is 13.5 Å². The zero-order valence-electron chi connectivity index (χ0n) is 10.2. The van der Waals surface area contributed by atoms with Gasteiger partial charge in [-0.1, -0.05) is 12.1 Å². The Balaban J connectivity index is 2.62. The van der Waals surface area contributed by atoms with Crippen molar-refractivity contribution >= 4 is 0 Å². The van der Waals surface area contributed by atoms with Crippen LogP contribution < -0.4 is 4.74 Å². The lowest BCUT2D eigenvalue weighted by Crippen LogP contribution is -1.97. The molecule has 0 amide bonds. The smallest absolute Gasteiger partial charge is 0.221 e. The lowest BCUT2D eigenvalue weighted by Gasteiger charge is -2.10. The molecule has 0 saturated heterocycles. The first kappa shape index (κ1) is 13.0. The van der Waals surface area contributed by atoms with E-state index in [9.17, 15) is 8.78 Å². The van der Waals surface area contributed by atoms with E-state index < -0.39 is 11.6 Å². The van der Waals surface area contributed by atoms with Crippen molar-refractivity contribution in [1.82, 2.24) is 4.98 Å². The molecule has 3 nitrogen and oxygen atoms in total. The van der Waals surface area contributed by atoms with Crippen molar-refractivity contribution in [3.63, 3.8) is 0 Å². The van der Waals surface area contributed by atoms with Gasteiger partial charge in [-0.25, -0.2) is 13.8 Å². The van der Waals surface area contributed by atoms with E-state index >= 15 is 0 Å². The zero-order valence-corrected chi connectivity index (χ0v) is 10.2. The molecule has 2 aromatic rings. The van der Waals surface area contributed by atoms with Crippen LogP contribution in [0.3, 0.4) is 0 Å². The number of pyridine rings is 1. The highest BCUT2D eigenvalue weighted by atomic mass is 19.2. The van der Waals surface area contributed by atoms with Crippen molar-refractivity contribution in [2.75, 3.05) is 7.11 Å². The van der Waals surface area contributed by atoms with Crippen molar-refractivity contribution in [1.29, 1.82) is 5.26 Å². The minimum atomic E-state index is -0.961. The summed E-state index contributed by atoms with van der Waals surface area (Å²) in [7, 11) is 1.40. The zero-order chi connectivity index (χ0) is 13.8. The molecule has 1 aromatic carbocycles. The maximum Gasteiger partial charge on any atom is 0.221 e. The molecule has 0 radical (unpaired) electrons. The van der Waals surface area contributed by atoms with Crippen LogP contribution in [0.1, 0.15) is 5.56 Å². The summed E-state index contributed by atoms with van der Waals surface area (Å²) in [6.45, 7) is 0. The Bertz CT molecular complexity index is 650. The predicted octanol–water partition coefficient (Wildman–Crippen LogP) is 3.10. The molecular formula is C14H10F2N2O. The summed E-state index contributed by atoms with van der Waals surface area (Å²) in [6, 6.07) is 7.44. The normalized spacial score (nSPS) is 10.0. The molecule has 0 aliphatic rings. The van der Waals surface area contributed by atoms with E-state index in [4.69, 9.17) is 10.00 Å². The number of aromatic nitrogens is 1. The van der Waals surface area contributed by atoms with E-state index in [0.29, 0.717) is 11.1 Å². The molecule has 1 aromatic heterocycles. The minimum absolute atomic E-state index is 0.0594. The van der Waals surface area contributed by atoms with Crippen LogP contribution >= 0.6 is 0 Å². The minimum Gasteiger partial charge on any atom is -0.481 e. The summed E-state index contributed by atoms with van der Waals surface area (Å²) in [5.74, 6) is -1.71. The Hall–Kier alpha value is -2.48. The molecule has 0 aliphatic carbocycles. The van der Waals surface area contributed by atoms with Gasteiger partial charge in [0, 0.05) is 17.3 Å². The summed E-state index contributed by atoms with van der Waals surface area (Å²) in [6.07, 6.45) is 1.61. The Morgan fingerprint density at radius 3 is 2.79 bits per heavy atom. The van der Waals surface area contributed by atoms with E-state index in [0.717, 1.165) is 6.07 Å². The number of benzene rings is 1. The molecule has 2 rings (SSSR count). The van der Waals surface area contributed by atoms with Gasteiger partial charge in [-0.2, -0.15) is 5.26 Å². The van der Waals surface area contributed by atoms with Crippen LogP contribution in [0.5, 0.6) is 5.88 Å². The highest BCUT2D eigenvalue weighted by Crippen LogP contribution is 2.31. The second-order valence-corrected chi connectivity index (χ2v) is 3.84. The van der Waals surface area contributed by atoms with E-state index in [2.05, 4.69) is 4.98 Å². The van der Waals surface area contributed by atoms with Crippen LogP contribution in [0.2, 0.25) is 0 Å². The highest BCUT2D eigenvalue weighted by Gasteiger charge is 2.15. The molecule has 0 aliphatic heterocycles. The third-order valence-corrected chi connectivity index (χ3v) is 2.63. The maximum atomic E-state index is 13.8. The quantitative estimate of drug-likeness (QED) is 0.851. The van der Waals surface area contributed by atoms with Gasteiger partial charge in [0.05, 0.1) is 19.6 Å². The monoisotopic (exact) mass is 260 g/mol. The molecule has 1 heterocycles. The van der Waals surface area contributed by atoms with Gasteiger partial charge in [-0.15, -0.1) is 0 Å². The van der Waals surface area contributed by atoms with Gasteiger partial charge in [0.15, 0.2) is 11.6 Å². The average Bonchev–Trinajstić information content (AvgIpc) is 2.42. The lowest BCUT2D eigenvalue weighted by molar-refractivity contribution is 0.399. The van der Waals surface area contributed by atoms with Crippen LogP contribution in [-0.4, -0.2) is 12.1 Å². The molecular weight excluding hydrogens is 250 g/mol. The van der Waals surface area contributed by atoms with Crippen LogP contribution in [0.15, 0.2) is 30.5 Å². The van der Waals surface area contributed by atoms with Crippen molar-refractivity contribution in [3.8, 4) is 23.1 Å². The summed E-state index contributed by atoms with van der Waals surface area (Å²) in [4.78, 5) is 4.00. The van der Waals surface area contributed by atoms with Crippen LogP contribution in [0.4, 0.5) is 8.78 Å². The van der Waals surface area contributed by atoms with Gasteiger partial charge in [0.25, 0.3) is 0 Å². The second-order valence-electron chi connectivity index (χ2n) is 3.84. The van der Waals surface area contributed by atoms with Crippen molar-refractivity contribution in [3.05, 3.63) is 47.7 Å². The average molecular weight is 260 g/mol. The Labute approximate surface area is 109 Å². The third kappa shape index (κ3) is 2.52. The van der Waals surface area contributed by atoms with Gasteiger partial charge in [0.2, 0.25) is 5.88 Å². The first-order valence-corrected chi connectivity index (χ1v) is 5.51. The molecule has 5 heteroatoms. The second kappa shape index (κ2) is 5.44. The molecule has 0 spiro atoms. The van der Waals surface area contributed by atoms with Crippen LogP contribution in [0.25, 0.3) is 11.1 Å². The Morgan fingerprint density at radius 2 is 2.11 bits per heavy atom. The molecule has 0 bridgehead atoms. The summed E-state index contributed by atoms with van der Waals surface area (Å²) >= 11 is 0. The molecule has 0 unspecified atom stereocenters. The van der Waals surface area contributed by atoms with Gasteiger partial charge in [-0.05, 0) is 17.7 Å². The fourth-order valence-electron chi connectivity index (χ4n) is 1.75. The van der Waals surface area contributed by atoms with E-state index in [1.165, 1.54) is 25.4 Å². The first-order valence-electron chi connectivity index (χ1n) is 5.51. The molecule has 19 heavy (non-hydrogen) atoms. The molecule has 0 N–H and O–H groups in total. The number of halogens is 2. The van der Waals surface area contributed by atoms with E-state index in [-0.39, 0.29) is 17.9 Å². The van der Waals surface area contributed by atoms with Gasteiger partial charge >= 0.3 is 0 Å². The standard InChI is InChI=1S/C14H10F2N2O/c1-19-14-11(7-9(5-6-17)8-18-14)10-3-2-4-12(15)13(10)16/h2-4,7-8H,5H2,1H3. The summed E-state index contributed by atoms with van der Waals surface area (Å²) < 4.78 is 32.1. The number of ether oxygens (including phenoxy) is 1. The van der Waals surface area contributed by atoms with Gasteiger partial charge in [0.1, 0.15) is 0 Å². The van der Waals surface area contributed by atoms with Crippen LogP contribution in [0, 0.1) is 23.0 Å². The predicted molar refractivity (Wildman–Crippen MR) is 65.5 cm³/mol. The number of nitrogens with zero attached hydrogens (tertiary/aromatic N) is 2. The van der Waals surface area contributed by atoms with Gasteiger partial charge < -0.3 is 4.74 Å². The Morgan fingerprint density at radius 1 is 1.32 bits per heavy atom. The van der Waals surface area contributed by atoms with Gasteiger partial charge in [-0.3, -0.25) is 0 Å². The molecule has 0 fully saturated rings. The summed E-state index contributed by atoms with van der Waals surface area (Å²) in [5.41, 5.74) is 0.998. The van der Waals surface area contributed by atoms with E-state index in [1.807, 2.05) is 6.07 Å². The fraction of sp³-hybridized carbons (Fsp3) is 0.143. The third-order valence-electron chi connectivity index (χ3n) is 2.63. The lowest BCUT2D eigenvalue weighted by atomic mass is 10.0. The largest absolute Gasteiger partial charge is 0.481 e. The highest BCUT2D eigenvalue weighted by molar-refractivity contribution is 5.70. The Kier molecular flexibility index (Phi) is 3.71. The number of methoxy groups -OCH3 is 1. The topological polar surface area (TPSA) is 45.9 Å². The molecule has 0 saturated carbocycles. The van der Waals surface area contributed by atoms with Crippen molar-refractivity contribution in [2.24, 2.45) is 0 Å². The van der Waals surface area contributed by atoms with E-state index in [1.54, 1.807) is 6.07 Å². The maximum absolute atomic E-state index is 13.8. The number of hydrogen-bond acceptors (Lipinski definition) is 3. The van der Waals surface area contributed by atoms with Crippen LogP contribution in [-0.2, 0) is 6.42 Å².